The van der Waals surface area contributed by atoms with Gasteiger partial charge < -0.3 is 5.11 Å². The SMILES string of the molecule is OC(CCc1ccccn1)Cc1c(Cl)cccc1Cl. The van der Waals surface area contributed by atoms with Gasteiger partial charge in [0.1, 0.15) is 0 Å². The Labute approximate surface area is 123 Å². The van der Waals surface area contributed by atoms with Crippen LogP contribution < -0.4 is 0 Å². The molecule has 0 bridgehead atoms. The fourth-order valence-electron chi connectivity index (χ4n) is 1.93. The van der Waals surface area contributed by atoms with Crippen LogP contribution in [-0.2, 0) is 12.8 Å². The van der Waals surface area contributed by atoms with Crippen LogP contribution in [0, 0.1) is 0 Å². The van der Waals surface area contributed by atoms with E-state index >= 15 is 0 Å². The fraction of sp³-hybridized carbons (Fsp3) is 0.267. The van der Waals surface area contributed by atoms with E-state index in [0.717, 1.165) is 17.7 Å². The number of rotatable bonds is 5. The Hall–Kier alpha value is -1.09. The summed E-state index contributed by atoms with van der Waals surface area (Å²) in [5.74, 6) is 0. The van der Waals surface area contributed by atoms with Crippen LogP contribution in [0.3, 0.4) is 0 Å². The lowest BCUT2D eigenvalue weighted by molar-refractivity contribution is 0.165. The lowest BCUT2D eigenvalue weighted by Crippen LogP contribution is -2.12. The van der Waals surface area contributed by atoms with Crippen molar-refractivity contribution in [2.24, 2.45) is 0 Å². The van der Waals surface area contributed by atoms with Crippen molar-refractivity contribution in [1.82, 2.24) is 4.98 Å². The first-order valence-electron chi connectivity index (χ1n) is 6.17. The Kier molecular flexibility index (Phi) is 5.20. The maximum absolute atomic E-state index is 10.1. The second-order valence-corrected chi connectivity index (χ2v) is 5.23. The zero-order valence-electron chi connectivity index (χ0n) is 10.4. The lowest BCUT2D eigenvalue weighted by Gasteiger charge is -2.12. The van der Waals surface area contributed by atoms with Crippen LogP contribution in [0.1, 0.15) is 17.7 Å². The third kappa shape index (κ3) is 4.20. The normalized spacial score (nSPS) is 12.4. The van der Waals surface area contributed by atoms with E-state index < -0.39 is 6.10 Å². The molecule has 0 amide bonds. The molecule has 1 unspecified atom stereocenters. The summed E-state index contributed by atoms with van der Waals surface area (Å²) in [6, 6.07) is 11.1. The number of aryl methyl sites for hydroxylation is 1. The molecule has 1 N–H and O–H groups in total. The molecule has 2 aromatic rings. The molecular formula is C15H15Cl2NO. The number of aliphatic hydroxyl groups is 1. The van der Waals surface area contributed by atoms with Crippen LogP contribution in [0.4, 0.5) is 0 Å². The summed E-state index contributed by atoms with van der Waals surface area (Å²) in [5.41, 5.74) is 1.78. The Morgan fingerprint density at radius 3 is 2.42 bits per heavy atom. The van der Waals surface area contributed by atoms with Gasteiger partial charge in [0.05, 0.1) is 6.10 Å². The summed E-state index contributed by atoms with van der Waals surface area (Å²) in [7, 11) is 0. The molecule has 19 heavy (non-hydrogen) atoms. The first-order chi connectivity index (χ1) is 9.16. The van der Waals surface area contributed by atoms with E-state index in [1.807, 2.05) is 18.2 Å². The van der Waals surface area contributed by atoms with E-state index in [2.05, 4.69) is 4.98 Å². The molecule has 1 heterocycles. The summed E-state index contributed by atoms with van der Waals surface area (Å²) in [5, 5.41) is 11.3. The van der Waals surface area contributed by atoms with Crippen molar-refractivity contribution in [3.05, 3.63) is 63.9 Å². The van der Waals surface area contributed by atoms with Crippen LogP contribution in [0.25, 0.3) is 0 Å². The van der Waals surface area contributed by atoms with E-state index in [1.54, 1.807) is 24.4 Å². The highest BCUT2D eigenvalue weighted by atomic mass is 35.5. The third-order valence-corrected chi connectivity index (χ3v) is 3.67. The maximum atomic E-state index is 10.1. The molecule has 0 spiro atoms. The van der Waals surface area contributed by atoms with Crippen molar-refractivity contribution in [3.8, 4) is 0 Å². The highest BCUT2D eigenvalue weighted by Crippen LogP contribution is 2.26. The predicted molar refractivity (Wildman–Crippen MR) is 78.7 cm³/mol. The molecule has 0 saturated carbocycles. The van der Waals surface area contributed by atoms with Gasteiger partial charge in [-0.15, -0.1) is 0 Å². The molecule has 1 aromatic carbocycles. The minimum atomic E-state index is -0.473. The molecule has 0 fully saturated rings. The molecule has 0 aliphatic rings. The van der Waals surface area contributed by atoms with E-state index in [4.69, 9.17) is 23.2 Å². The Bertz CT molecular complexity index is 511. The largest absolute Gasteiger partial charge is 0.393 e. The first-order valence-corrected chi connectivity index (χ1v) is 6.93. The second-order valence-electron chi connectivity index (χ2n) is 4.42. The van der Waals surface area contributed by atoms with Crippen molar-refractivity contribution in [1.29, 1.82) is 0 Å². The fourth-order valence-corrected chi connectivity index (χ4v) is 2.48. The molecule has 100 valence electrons. The highest BCUT2D eigenvalue weighted by Gasteiger charge is 2.12. The smallest absolute Gasteiger partial charge is 0.0585 e. The molecule has 4 heteroatoms. The van der Waals surface area contributed by atoms with E-state index in [1.165, 1.54) is 0 Å². The number of aromatic nitrogens is 1. The van der Waals surface area contributed by atoms with Gasteiger partial charge in [0.2, 0.25) is 0 Å². The molecular weight excluding hydrogens is 281 g/mol. The van der Waals surface area contributed by atoms with Gasteiger partial charge in [0, 0.05) is 28.4 Å². The third-order valence-electron chi connectivity index (χ3n) is 2.96. The van der Waals surface area contributed by atoms with Crippen molar-refractivity contribution in [2.75, 3.05) is 0 Å². The zero-order valence-corrected chi connectivity index (χ0v) is 11.9. The first kappa shape index (κ1) is 14.3. The second kappa shape index (κ2) is 6.90. The molecule has 0 aliphatic heterocycles. The topological polar surface area (TPSA) is 33.1 Å². The summed E-state index contributed by atoms with van der Waals surface area (Å²) in [4.78, 5) is 4.23. The minimum absolute atomic E-state index is 0.464. The minimum Gasteiger partial charge on any atom is -0.393 e. The van der Waals surface area contributed by atoms with Gasteiger partial charge in [-0.25, -0.2) is 0 Å². The van der Waals surface area contributed by atoms with Crippen molar-refractivity contribution in [2.45, 2.75) is 25.4 Å². The molecule has 2 nitrogen and oxygen atoms in total. The van der Waals surface area contributed by atoms with Gasteiger partial charge >= 0.3 is 0 Å². The average Bonchev–Trinajstić information content (AvgIpc) is 2.42. The van der Waals surface area contributed by atoms with Crippen molar-refractivity contribution in [3.63, 3.8) is 0 Å². The number of benzene rings is 1. The lowest BCUT2D eigenvalue weighted by atomic mass is 10.0. The highest BCUT2D eigenvalue weighted by molar-refractivity contribution is 6.35. The maximum Gasteiger partial charge on any atom is 0.0585 e. The zero-order chi connectivity index (χ0) is 13.7. The average molecular weight is 296 g/mol. The number of aliphatic hydroxyl groups excluding tert-OH is 1. The molecule has 0 aliphatic carbocycles. The number of hydrogen-bond acceptors (Lipinski definition) is 2. The van der Waals surface area contributed by atoms with E-state index in [9.17, 15) is 5.11 Å². The number of halogens is 2. The molecule has 1 atom stereocenters. The molecule has 2 rings (SSSR count). The predicted octanol–water partition coefficient (Wildman–Crippen LogP) is 3.92. The Morgan fingerprint density at radius 1 is 1.05 bits per heavy atom. The van der Waals surface area contributed by atoms with Crippen LogP contribution in [0.5, 0.6) is 0 Å². The van der Waals surface area contributed by atoms with Crippen LogP contribution in [-0.4, -0.2) is 16.2 Å². The standard InChI is InChI=1S/C15H15Cl2NO/c16-14-5-3-6-15(17)13(14)10-12(19)8-7-11-4-1-2-9-18-11/h1-6,9,12,19H,7-8,10H2. The quantitative estimate of drug-likeness (QED) is 0.907. The van der Waals surface area contributed by atoms with E-state index in [0.29, 0.717) is 22.9 Å². The number of pyridine rings is 1. The van der Waals surface area contributed by atoms with Gasteiger partial charge in [0.25, 0.3) is 0 Å². The van der Waals surface area contributed by atoms with Gasteiger partial charge in [-0.3, -0.25) is 4.98 Å². The summed E-state index contributed by atoms with van der Waals surface area (Å²) in [6.45, 7) is 0. The summed E-state index contributed by atoms with van der Waals surface area (Å²) < 4.78 is 0. The van der Waals surface area contributed by atoms with Crippen molar-refractivity contribution >= 4 is 23.2 Å². The van der Waals surface area contributed by atoms with Crippen LogP contribution >= 0.6 is 23.2 Å². The van der Waals surface area contributed by atoms with E-state index in [-0.39, 0.29) is 0 Å². The molecule has 0 saturated heterocycles. The Balaban J connectivity index is 1.93. The molecule has 0 radical (unpaired) electrons. The number of nitrogens with zero attached hydrogens (tertiary/aromatic N) is 1. The van der Waals surface area contributed by atoms with Gasteiger partial charge in [-0.1, -0.05) is 35.3 Å². The van der Waals surface area contributed by atoms with Crippen molar-refractivity contribution < 1.29 is 5.11 Å². The van der Waals surface area contributed by atoms with Crippen LogP contribution in [0.2, 0.25) is 10.0 Å². The number of hydrogen-bond donors (Lipinski definition) is 1. The summed E-state index contributed by atoms with van der Waals surface area (Å²) >= 11 is 12.2. The molecule has 1 aromatic heterocycles. The Morgan fingerprint density at radius 2 is 1.79 bits per heavy atom. The summed E-state index contributed by atoms with van der Waals surface area (Å²) in [6.07, 6.45) is 3.13. The van der Waals surface area contributed by atoms with Gasteiger partial charge in [0.15, 0.2) is 0 Å². The monoisotopic (exact) mass is 295 g/mol. The van der Waals surface area contributed by atoms with Gasteiger partial charge in [-0.2, -0.15) is 0 Å². The van der Waals surface area contributed by atoms with Crippen LogP contribution in [0.15, 0.2) is 42.6 Å². The van der Waals surface area contributed by atoms with Gasteiger partial charge in [-0.05, 0) is 42.7 Å².